The van der Waals surface area contributed by atoms with Crippen molar-refractivity contribution in [2.75, 3.05) is 23.0 Å². The fraction of sp³-hybridized carbons (Fsp3) is 0.533. The van der Waals surface area contributed by atoms with Gasteiger partial charge in [-0.25, -0.2) is 8.42 Å². The lowest BCUT2D eigenvalue weighted by Gasteiger charge is -2.28. The smallest absolute Gasteiger partial charge is 0.230 e. The minimum atomic E-state index is -2.92. The number of amides is 1. The minimum Gasteiger partial charge on any atom is -0.312 e. The Morgan fingerprint density at radius 3 is 2.50 bits per heavy atom. The van der Waals surface area contributed by atoms with Crippen LogP contribution in [0.1, 0.15) is 25.3 Å². The maximum atomic E-state index is 12.6. The standard InChI is InChI=1S/C15H21NO3S/c1-3-16(14-6-4-5-12(2)11-14)15(17)13-7-9-20(18,19)10-8-13/h4-6,11,13H,3,7-10H2,1-2H3. The Labute approximate surface area is 120 Å². The molecule has 0 unspecified atom stereocenters. The highest BCUT2D eigenvalue weighted by Gasteiger charge is 2.31. The summed E-state index contributed by atoms with van der Waals surface area (Å²) in [6.07, 6.45) is 0.896. The average molecular weight is 295 g/mol. The van der Waals surface area contributed by atoms with E-state index in [2.05, 4.69) is 0 Å². The van der Waals surface area contributed by atoms with Gasteiger partial charge in [0.15, 0.2) is 0 Å². The van der Waals surface area contributed by atoms with Gasteiger partial charge in [0, 0.05) is 18.2 Å². The molecule has 1 aliphatic heterocycles. The zero-order chi connectivity index (χ0) is 14.8. The molecule has 0 N–H and O–H groups in total. The van der Waals surface area contributed by atoms with Crippen LogP contribution in [-0.4, -0.2) is 32.4 Å². The lowest BCUT2D eigenvalue weighted by atomic mass is 10.0. The number of rotatable bonds is 3. The molecular weight excluding hydrogens is 274 g/mol. The predicted molar refractivity (Wildman–Crippen MR) is 80.6 cm³/mol. The van der Waals surface area contributed by atoms with E-state index in [1.54, 1.807) is 4.90 Å². The van der Waals surface area contributed by atoms with Crippen molar-refractivity contribution in [3.8, 4) is 0 Å². The molecule has 4 nitrogen and oxygen atoms in total. The van der Waals surface area contributed by atoms with Crippen molar-refractivity contribution in [1.29, 1.82) is 0 Å². The van der Waals surface area contributed by atoms with Gasteiger partial charge in [-0.3, -0.25) is 4.79 Å². The third-order valence-corrected chi connectivity index (χ3v) is 5.51. The van der Waals surface area contributed by atoms with E-state index in [-0.39, 0.29) is 23.3 Å². The molecule has 0 saturated carbocycles. The first-order valence-electron chi connectivity index (χ1n) is 7.01. The van der Waals surface area contributed by atoms with Crippen LogP contribution in [0.5, 0.6) is 0 Å². The van der Waals surface area contributed by atoms with E-state index in [0.717, 1.165) is 11.3 Å². The Kier molecular flexibility index (Phi) is 4.48. The summed E-state index contributed by atoms with van der Waals surface area (Å²) in [4.78, 5) is 14.3. The molecule has 1 fully saturated rings. The van der Waals surface area contributed by atoms with Gasteiger partial charge in [0.2, 0.25) is 5.91 Å². The molecule has 0 aromatic heterocycles. The summed E-state index contributed by atoms with van der Waals surface area (Å²) in [6, 6.07) is 7.84. The van der Waals surface area contributed by atoms with Crippen molar-refractivity contribution >= 4 is 21.4 Å². The van der Waals surface area contributed by atoms with Crippen molar-refractivity contribution < 1.29 is 13.2 Å². The number of nitrogens with zero attached hydrogens (tertiary/aromatic N) is 1. The van der Waals surface area contributed by atoms with Gasteiger partial charge < -0.3 is 4.90 Å². The predicted octanol–water partition coefficient (Wildman–Crippen LogP) is 2.17. The minimum absolute atomic E-state index is 0.0491. The average Bonchev–Trinajstić information content (AvgIpc) is 2.39. The monoisotopic (exact) mass is 295 g/mol. The summed E-state index contributed by atoms with van der Waals surface area (Å²) >= 11 is 0. The highest BCUT2D eigenvalue weighted by Crippen LogP contribution is 2.24. The second-order valence-electron chi connectivity index (χ2n) is 5.35. The summed E-state index contributed by atoms with van der Waals surface area (Å²) in [5.41, 5.74) is 2.01. The van der Waals surface area contributed by atoms with Crippen LogP contribution < -0.4 is 4.90 Å². The van der Waals surface area contributed by atoms with Crippen molar-refractivity contribution in [1.82, 2.24) is 0 Å². The highest BCUT2D eigenvalue weighted by molar-refractivity contribution is 7.91. The first-order chi connectivity index (χ1) is 9.43. The van der Waals surface area contributed by atoms with Gasteiger partial charge in [-0.1, -0.05) is 12.1 Å². The fourth-order valence-electron chi connectivity index (χ4n) is 2.62. The fourth-order valence-corrected chi connectivity index (χ4v) is 4.11. The molecule has 1 aliphatic rings. The van der Waals surface area contributed by atoms with Crippen LogP contribution in [0.2, 0.25) is 0 Å². The van der Waals surface area contributed by atoms with Gasteiger partial charge >= 0.3 is 0 Å². The molecule has 0 aliphatic carbocycles. The third-order valence-electron chi connectivity index (χ3n) is 3.80. The Balaban J connectivity index is 2.14. The molecule has 0 radical (unpaired) electrons. The molecule has 1 aromatic carbocycles. The molecule has 1 saturated heterocycles. The van der Waals surface area contributed by atoms with Crippen LogP contribution >= 0.6 is 0 Å². The Morgan fingerprint density at radius 1 is 1.30 bits per heavy atom. The first kappa shape index (κ1) is 15.0. The normalized spacial score (nSPS) is 18.7. The second kappa shape index (κ2) is 5.95. The lowest BCUT2D eigenvalue weighted by molar-refractivity contribution is -0.122. The molecule has 1 aromatic rings. The summed E-state index contributed by atoms with van der Waals surface area (Å²) in [5.74, 6) is 0.149. The highest BCUT2D eigenvalue weighted by atomic mass is 32.2. The molecule has 1 amide bonds. The van der Waals surface area contributed by atoms with Crippen LogP contribution in [0, 0.1) is 12.8 Å². The zero-order valence-corrected chi connectivity index (χ0v) is 12.8. The second-order valence-corrected chi connectivity index (χ2v) is 7.65. The molecule has 1 heterocycles. The zero-order valence-electron chi connectivity index (χ0n) is 12.0. The van der Waals surface area contributed by atoms with Crippen molar-refractivity contribution in [2.24, 2.45) is 5.92 Å². The number of sulfone groups is 1. The van der Waals surface area contributed by atoms with E-state index >= 15 is 0 Å². The molecule has 5 heteroatoms. The molecular formula is C15H21NO3S. The number of hydrogen-bond donors (Lipinski definition) is 0. The number of carbonyl (C=O) groups is 1. The first-order valence-corrected chi connectivity index (χ1v) is 8.83. The topological polar surface area (TPSA) is 54.5 Å². The van der Waals surface area contributed by atoms with Crippen LogP contribution in [0.3, 0.4) is 0 Å². The van der Waals surface area contributed by atoms with Gasteiger partial charge in [-0.15, -0.1) is 0 Å². The number of aryl methyl sites for hydroxylation is 1. The number of hydrogen-bond acceptors (Lipinski definition) is 3. The quantitative estimate of drug-likeness (QED) is 0.859. The molecule has 0 atom stereocenters. The number of benzene rings is 1. The molecule has 110 valence electrons. The molecule has 0 bridgehead atoms. The van der Waals surface area contributed by atoms with E-state index in [9.17, 15) is 13.2 Å². The van der Waals surface area contributed by atoms with Gasteiger partial charge in [0.25, 0.3) is 0 Å². The maximum absolute atomic E-state index is 12.6. The van der Waals surface area contributed by atoms with Gasteiger partial charge in [0.1, 0.15) is 9.84 Å². The third kappa shape index (κ3) is 3.39. The van der Waals surface area contributed by atoms with Crippen LogP contribution in [0.15, 0.2) is 24.3 Å². The Morgan fingerprint density at radius 2 is 1.95 bits per heavy atom. The Bertz CT molecular complexity index is 581. The largest absolute Gasteiger partial charge is 0.312 e. The van der Waals surface area contributed by atoms with E-state index < -0.39 is 9.84 Å². The van der Waals surface area contributed by atoms with Gasteiger partial charge in [-0.05, 0) is 44.4 Å². The maximum Gasteiger partial charge on any atom is 0.230 e. The molecule has 20 heavy (non-hydrogen) atoms. The lowest BCUT2D eigenvalue weighted by Crippen LogP contribution is -2.39. The van der Waals surface area contributed by atoms with E-state index in [1.807, 2.05) is 38.1 Å². The van der Waals surface area contributed by atoms with Crippen LogP contribution in [0.25, 0.3) is 0 Å². The molecule has 0 spiro atoms. The van der Waals surface area contributed by atoms with Crippen LogP contribution in [-0.2, 0) is 14.6 Å². The van der Waals surface area contributed by atoms with Gasteiger partial charge in [-0.2, -0.15) is 0 Å². The van der Waals surface area contributed by atoms with Gasteiger partial charge in [0.05, 0.1) is 11.5 Å². The van der Waals surface area contributed by atoms with Crippen molar-refractivity contribution in [2.45, 2.75) is 26.7 Å². The van der Waals surface area contributed by atoms with E-state index in [1.165, 1.54) is 0 Å². The van der Waals surface area contributed by atoms with E-state index in [4.69, 9.17) is 0 Å². The van der Waals surface area contributed by atoms with Crippen molar-refractivity contribution in [3.05, 3.63) is 29.8 Å². The van der Waals surface area contributed by atoms with E-state index in [0.29, 0.717) is 19.4 Å². The SMILES string of the molecule is CCN(C(=O)C1CCS(=O)(=O)CC1)c1cccc(C)c1. The summed E-state index contributed by atoms with van der Waals surface area (Å²) in [5, 5.41) is 0. The summed E-state index contributed by atoms with van der Waals surface area (Å²) in [6.45, 7) is 4.54. The summed E-state index contributed by atoms with van der Waals surface area (Å²) in [7, 11) is -2.92. The Hall–Kier alpha value is -1.36. The summed E-state index contributed by atoms with van der Waals surface area (Å²) < 4.78 is 22.9. The van der Waals surface area contributed by atoms with Crippen molar-refractivity contribution in [3.63, 3.8) is 0 Å². The van der Waals surface area contributed by atoms with Crippen LogP contribution in [0.4, 0.5) is 5.69 Å². The number of carbonyl (C=O) groups excluding carboxylic acids is 1. The number of anilines is 1. The molecule has 2 rings (SSSR count).